The number of carbonyl (C=O) groups excluding carboxylic acids is 1. The summed E-state index contributed by atoms with van der Waals surface area (Å²) in [6.45, 7) is 1.16. The van der Waals surface area contributed by atoms with Gasteiger partial charge in [0.05, 0.1) is 18.4 Å². The van der Waals surface area contributed by atoms with E-state index >= 15 is 0 Å². The Kier molecular flexibility index (Phi) is 3.99. The molecule has 1 heterocycles. The van der Waals surface area contributed by atoms with Gasteiger partial charge in [-0.15, -0.1) is 0 Å². The lowest BCUT2D eigenvalue weighted by atomic mass is 10.0. The molecule has 1 aliphatic heterocycles. The Morgan fingerprint density at radius 2 is 1.95 bits per heavy atom. The monoisotopic (exact) mass is 270 g/mol. The van der Waals surface area contributed by atoms with E-state index in [1.165, 1.54) is 12.1 Å². The number of benzene rings is 1. The van der Waals surface area contributed by atoms with E-state index in [9.17, 15) is 13.6 Å². The zero-order chi connectivity index (χ0) is 14.0. The number of ether oxygens (including phenoxy) is 1. The van der Waals surface area contributed by atoms with Crippen LogP contribution in [0.2, 0.25) is 0 Å². The lowest BCUT2D eigenvalue weighted by Crippen LogP contribution is -2.40. The normalized spacial score (nSPS) is 16.5. The molecule has 0 atom stereocenters. The molecule has 104 valence electrons. The van der Waals surface area contributed by atoms with Crippen molar-refractivity contribution in [3.8, 4) is 0 Å². The maximum absolute atomic E-state index is 14.0. The highest BCUT2D eigenvalue weighted by Crippen LogP contribution is 2.26. The van der Waals surface area contributed by atoms with Crippen LogP contribution in [-0.4, -0.2) is 32.2 Å². The van der Waals surface area contributed by atoms with Gasteiger partial charge in [-0.1, -0.05) is 0 Å². The van der Waals surface area contributed by atoms with Gasteiger partial charge in [0.2, 0.25) is 0 Å². The molecule has 1 aliphatic rings. The zero-order valence-corrected chi connectivity index (χ0v) is 10.7. The number of piperidine rings is 1. The van der Waals surface area contributed by atoms with Crippen molar-refractivity contribution in [1.29, 1.82) is 0 Å². The van der Waals surface area contributed by atoms with Gasteiger partial charge < -0.3 is 15.4 Å². The second-order valence-corrected chi connectivity index (χ2v) is 4.58. The van der Waals surface area contributed by atoms with Crippen molar-refractivity contribution in [3.63, 3.8) is 0 Å². The van der Waals surface area contributed by atoms with Crippen LogP contribution in [0.4, 0.5) is 14.5 Å². The highest BCUT2D eigenvalue weighted by atomic mass is 19.2. The highest BCUT2D eigenvalue weighted by molar-refractivity contribution is 5.90. The number of esters is 1. The Morgan fingerprint density at radius 1 is 1.32 bits per heavy atom. The quantitative estimate of drug-likeness (QED) is 0.831. The summed E-state index contributed by atoms with van der Waals surface area (Å²) in [4.78, 5) is 13.0. The third-order valence-electron chi connectivity index (χ3n) is 3.35. The number of rotatable bonds is 2. The van der Waals surface area contributed by atoms with Crippen molar-refractivity contribution < 1.29 is 18.3 Å². The molecule has 1 fully saturated rings. The van der Waals surface area contributed by atoms with Gasteiger partial charge in [0, 0.05) is 19.1 Å². The Morgan fingerprint density at radius 3 is 2.53 bits per heavy atom. The lowest BCUT2D eigenvalue weighted by Gasteiger charge is -2.32. The third kappa shape index (κ3) is 2.68. The van der Waals surface area contributed by atoms with Crippen LogP contribution in [0, 0.1) is 11.6 Å². The van der Waals surface area contributed by atoms with Gasteiger partial charge in [-0.25, -0.2) is 13.6 Å². The number of methoxy groups -OCH3 is 1. The summed E-state index contributed by atoms with van der Waals surface area (Å²) < 4.78 is 32.2. The standard InChI is InChI=1S/C13H16F2N2O2/c1-19-13(18)9-2-3-10(12(15)11(9)14)17-6-4-8(16)5-7-17/h2-3,8H,4-7,16H2,1H3. The molecular weight excluding hydrogens is 254 g/mol. The number of hydrogen-bond acceptors (Lipinski definition) is 4. The van der Waals surface area contributed by atoms with Crippen molar-refractivity contribution in [2.75, 3.05) is 25.1 Å². The number of anilines is 1. The Labute approximate surface area is 110 Å². The molecule has 6 heteroatoms. The van der Waals surface area contributed by atoms with Crippen molar-refractivity contribution in [2.24, 2.45) is 5.73 Å². The summed E-state index contributed by atoms with van der Waals surface area (Å²) in [7, 11) is 1.12. The first-order valence-corrected chi connectivity index (χ1v) is 6.11. The summed E-state index contributed by atoms with van der Waals surface area (Å²) >= 11 is 0. The van der Waals surface area contributed by atoms with E-state index < -0.39 is 23.2 Å². The zero-order valence-electron chi connectivity index (χ0n) is 10.7. The van der Waals surface area contributed by atoms with Gasteiger partial charge >= 0.3 is 5.97 Å². The maximum atomic E-state index is 14.0. The first-order valence-electron chi connectivity index (χ1n) is 6.11. The molecule has 0 radical (unpaired) electrons. The first-order chi connectivity index (χ1) is 9.04. The van der Waals surface area contributed by atoms with Gasteiger partial charge in [0.15, 0.2) is 11.6 Å². The average Bonchev–Trinajstić information content (AvgIpc) is 2.42. The van der Waals surface area contributed by atoms with E-state index in [1.807, 2.05) is 0 Å². The molecule has 2 rings (SSSR count). The predicted molar refractivity (Wildman–Crippen MR) is 67.1 cm³/mol. The summed E-state index contributed by atoms with van der Waals surface area (Å²) in [5.74, 6) is -3.07. The SMILES string of the molecule is COC(=O)c1ccc(N2CCC(N)CC2)c(F)c1F. The van der Waals surface area contributed by atoms with Crippen LogP contribution in [0.5, 0.6) is 0 Å². The Bertz CT molecular complexity index is 486. The molecule has 0 aromatic heterocycles. The maximum Gasteiger partial charge on any atom is 0.340 e. The van der Waals surface area contributed by atoms with Crippen LogP contribution >= 0.6 is 0 Å². The van der Waals surface area contributed by atoms with Gasteiger partial charge in [-0.2, -0.15) is 0 Å². The van der Waals surface area contributed by atoms with Crippen molar-refractivity contribution in [3.05, 3.63) is 29.3 Å². The smallest absolute Gasteiger partial charge is 0.340 e. The van der Waals surface area contributed by atoms with E-state index in [-0.39, 0.29) is 11.7 Å². The summed E-state index contributed by atoms with van der Waals surface area (Å²) in [6, 6.07) is 2.76. The summed E-state index contributed by atoms with van der Waals surface area (Å²) in [6.07, 6.45) is 1.47. The Balaban J connectivity index is 2.28. The minimum Gasteiger partial charge on any atom is -0.465 e. The summed E-state index contributed by atoms with van der Waals surface area (Å²) in [5, 5.41) is 0. The first kappa shape index (κ1) is 13.7. The third-order valence-corrected chi connectivity index (χ3v) is 3.35. The molecule has 19 heavy (non-hydrogen) atoms. The molecule has 2 N–H and O–H groups in total. The van der Waals surface area contributed by atoms with E-state index in [4.69, 9.17) is 5.73 Å². The molecule has 4 nitrogen and oxygen atoms in total. The van der Waals surface area contributed by atoms with E-state index in [0.29, 0.717) is 13.1 Å². The number of nitrogens with zero attached hydrogens (tertiary/aromatic N) is 1. The largest absolute Gasteiger partial charge is 0.465 e. The van der Waals surface area contributed by atoms with E-state index in [1.54, 1.807) is 4.90 Å². The molecule has 0 saturated carbocycles. The van der Waals surface area contributed by atoms with Gasteiger partial charge in [-0.3, -0.25) is 0 Å². The molecular formula is C13H16F2N2O2. The van der Waals surface area contributed by atoms with Crippen LogP contribution in [0.15, 0.2) is 12.1 Å². The molecule has 0 spiro atoms. The second-order valence-electron chi connectivity index (χ2n) is 4.58. The minimum atomic E-state index is -1.17. The average molecular weight is 270 g/mol. The van der Waals surface area contributed by atoms with Crippen LogP contribution in [-0.2, 0) is 4.74 Å². The van der Waals surface area contributed by atoms with Crippen molar-refractivity contribution in [2.45, 2.75) is 18.9 Å². The topological polar surface area (TPSA) is 55.6 Å². The van der Waals surface area contributed by atoms with Crippen molar-refractivity contribution in [1.82, 2.24) is 0 Å². The Hall–Kier alpha value is -1.69. The fourth-order valence-electron chi connectivity index (χ4n) is 2.19. The number of hydrogen-bond donors (Lipinski definition) is 1. The molecule has 0 amide bonds. The lowest BCUT2D eigenvalue weighted by molar-refractivity contribution is 0.0594. The minimum absolute atomic E-state index is 0.110. The summed E-state index contributed by atoms with van der Waals surface area (Å²) in [5.41, 5.74) is 5.54. The molecule has 1 aromatic carbocycles. The number of carbonyl (C=O) groups is 1. The molecule has 1 saturated heterocycles. The second kappa shape index (κ2) is 5.52. The van der Waals surface area contributed by atoms with Gasteiger partial charge in [0.1, 0.15) is 0 Å². The fourth-order valence-corrected chi connectivity index (χ4v) is 2.19. The number of halogens is 2. The molecule has 0 bridgehead atoms. The van der Waals surface area contributed by atoms with E-state index in [0.717, 1.165) is 20.0 Å². The van der Waals surface area contributed by atoms with E-state index in [2.05, 4.69) is 4.74 Å². The highest BCUT2D eigenvalue weighted by Gasteiger charge is 2.24. The van der Waals surface area contributed by atoms with Gasteiger partial charge in [-0.05, 0) is 25.0 Å². The van der Waals surface area contributed by atoms with Crippen molar-refractivity contribution >= 4 is 11.7 Å². The molecule has 0 aliphatic carbocycles. The van der Waals surface area contributed by atoms with Gasteiger partial charge in [0.25, 0.3) is 0 Å². The molecule has 0 unspecified atom stereocenters. The fraction of sp³-hybridized carbons (Fsp3) is 0.462. The van der Waals surface area contributed by atoms with Crippen LogP contribution in [0.25, 0.3) is 0 Å². The van der Waals surface area contributed by atoms with Crippen LogP contribution in [0.3, 0.4) is 0 Å². The molecule has 1 aromatic rings. The number of nitrogens with two attached hydrogens (primary N) is 1. The van der Waals surface area contributed by atoms with Crippen LogP contribution < -0.4 is 10.6 Å². The predicted octanol–water partition coefficient (Wildman–Crippen LogP) is 1.68. The van der Waals surface area contributed by atoms with Crippen LogP contribution in [0.1, 0.15) is 23.2 Å².